The third kappa shape index (κ3) is 2.95. The van der Waals surface area contributed by atoms with E-state index >= 15 is 0 Å². The number of benzene rings is 1. The van der Waals surface area contributed by atoms with Gasteiger partial charge in [0, 0.05) is 5.39 Å². The number of methoxy groups -OCH3 is 1. The van der Waals surface area contributed by atoms with Crippen LogP contribution in [0.4, 0.5) is 5.69 Å². The van der Waals surface area contributed by atoms with Gasteiger partial charge in [0.1, 0.15) is 11.4 Å². The lowest BCUT2D eigenvalue weighted by Crippen LogP contribution is -2.07. The van der Waals surface area contributed by atoms with Crippen molar-refractivity contribution in [3.05, 3.63) is 46.1 Å². The number of carbonyl (C=O) groups is 1. The third-order valence-corrected chi connectivity index (χ3v) is 2.99. The average molecular weight is 289 g/mol. The molecule has 0 aromatic heterocycles. The van der Waals surface area contributed by atoms with Crippen molar-refractivity contribution in [2.75, 3.05) is 19.2 Å². The van der Waals surface area contributed by atoms with Gasteiger partial charge in [0.05, 0.1) is 19.3 Å². The Labute approximate surface area is 120 Å². The maximum Gasteiger partial charge on any atom is 0.338 e. The van der Waals surface area contributed by atoms with Crippen LogP contribution < -0.4 is 15.6 Å². The number of hydrogen-bond acceptors (Lipinski definition) is 6. The number of hydrogen-bond donors (Lipinski definition) is 2. The van der Waals surface area contributed by atoms with E-state index in [0.717, 1.165) is 0 Å². The molecule has 2 rings (SSSR count). The average Bonchev–Trinajstić information content (AvgIpc) is 2.64. The largest absolute Gasteiger partial charge is 0.497 e. The van der Waals surface area contributed by atoms with Crippen molar-refractivity contribution in [3.8, 4) is 5.75 Å². The molecule has 2 aromatic carbocycles. The van der Waals surface area contributed by atoms with Gasteiger partial charge in [-0.2, -0.15) is 0 Å². The Morgan fingerprint density at radius 1 is 1.29 bits per heavy atom. The molecule has 0 aliphatic carbocycles. The fourth-order valence-corrected chi connectivity index (χ4v) is 1.98. The van der Waals surface area contributed by atoms with Crippen LogP contribution in [0.2, 0.25) is 0 Å². The van der Waals surface area contributed by atoms with E-state index in [1.54, 1.807) is 25.1 Å². The summed E-state index contributed by atoms with van der Waals surface area (Å²) in [5.74, 6) is -0.0184. The van der Waals surface area contributed by atoms with Crippen molar-refractivity contribution < 1.29 is 19.5 Å². The van der Waals surface area contributed by atoms with Crippen LogP contribution in [-0.2, 0) is 4.74 Å². The zero-order chi connectivity index (χ0) is 15.4. The fraction of sp³-hybridized carbons (Fsp3) is 0.200. The van der Waals surface area contributed by atoms with Crippen LogP contribution in [0.1, 0.15) is 17.3 Å². The lowest BCUT2D eigenvalue weighted by molar-refractivity contribution is 0.0526. The number of esters is 1. The normalized spacial score (nSPS) is 10.2. The van der Waals surface area contributed by atoms with Crippen molar-refractivity contribution in [2.45, 2.75) is 6.92 Å². The van der Waals surface area contributed by atoms with E-state index in [1.165, 1.54) is 19.2 Å². The first-order chi connectivity index (χ1) is 10.1. The van der Waals surface area contributed by atoms with Crippen molar-refractivity contribution >= 4 is 22.4 Å². The number of rotatable bonds is 4. The summed E-state index contributed by atoms with van der Waals surface area (Å²) in [6, 6.07) is 7.63. The second-order valence-electron chi connectivity index (χ2n) is 4.27. The summed E-state index contributed by atoms with van der Waals surface area (Å²) in [7, 11) is 1.51. The predicted molar refractivity (Wildman–Crippen MR) is 78.1 cm³/mol. The minimum Gasteiger partial charge on any atom is -0.497 e. The molecule has 0 fully saturated rings. The zero-order valence-electron chi connectivity index (χ0n) is 11.7. The highest BCUT2D eigenvalue weighted by molar-refractivity contribution is 5.96. The number of ether oxygens (including phenoxy) is 2. The number of nitrogens with one attached hydrogen (secondary N) is 1. The Kier molecular flexibility index (Phi) is 4.39. The molecule has 2 N–H and O–H groups in total. The summed E-state index contributed by atoms with van der Waals surface area (Å²) in [5, 5.41) is 9.97. The topological polar surface area (TPSA) is 84.9 Å². The van der Waals surface area contributed by atoms with E-state index in [4.69, 9.17) is 14.7 Å². The summed E-state index contributed by atoms with van der Waals surface area (Å²) in [6.07, 6.45) is 0. The molecule has 0 aliphatic rings. The molecular weight excluding hydrogens is 274 g/mol. The van der Waals surface area contributed by atoms with E-state index in [-0.39, 0.29) is 17.9 Å². The maximum atomic E-state index is 12.3. The van der Waals surface area contributed by atoms with Crippen LogP contribution in [-0.4, -0.2) is 24.9 Å². The highest BCUT2D eigenvalue weighted by Gasteiger charge is 2.12. The fourth-order valence-electron chi connectivity index (χ4n) is 1.98. The summed E-state index contributed by atoms with van der Waals surface area (Å²) in [5.41, 5.74) is 1.46. The molecule has 21 heavy (non-hydrogen) atoms. The Hall–Kier alpha value is -2.60. The van der Waals surface area contributed by atoms with Gasteiger partial charge in [0.2, 0.25) is 5.43 Å². The smallest absolute Gasteiger partial charge is 0.338 e. The standard InChI is InChI=1S/C15H15NO5/c1-3-21-15(18)10-6-9-7-11(20-2)4-5-12(9)14(17)13(8-10)16-19/h4-8,19H,3H2,1-2H3,(H,16,17). The van der Waals surface area contributed by atoms with Crippen molar-refractivity contribution in [1.29, 1.82) is 0 Å². The molecule has 110 valence electrons. The van der Waals surface area contributed by atoms with Gasteiger partial charge in [0.15, 0.2) is 0 Å². The van der Waals surface area contributed by atoms with Crippen molar-refractivity contribution in [3.63, 3.8) is 0 Å². The molecule has 6 heteroatoms. The predicted octanol–water partition coefficient (Wildman–Crippen LogP) is 2.19. The number of carbonyl (C=O) groups excluding carboxylic acids is 1. The molecule has 0 amide bonds. The first-order valence-electron chi connectivity index (χ1n) is 6.34. The number of fused-ring (bicyclic) bond motifs is 1. The molecule has 0 atom stereocenters. The summed E-state index contributed by atoms with van der Waals surface area (Å²) < 4.78 is 10.0. The Balaban J connectivity index is 2.80. The van der Waals surface area contributed by atoms with Gasteiger partial charge in [-0.05, 0) is 42.6 Å². The van der Waals surface area contributed by atoms with E-state index < -0.39 is 11.4 Å². The zero-order valence-corrected chi connectivity index (χ0v) is 11.7. The summed E-state index contributed by atoms with van der Waals surface area (Å²) in [4.78, 5) is 24.2. The lowest BCUT2D eigenvalue weighted by atomic mass is 10.1. The van der Waals surface area contributed by atoms with Crippen LogP contribution in [0.3, 0.4) is 0 Å². The van der Waals surface area contributed by atoms with Gasteiger partial charge in [-0.15, -0.1) is 0 Å². The van der Waals surface area contributed by atoms with Gasteiger partial charge < -0.3 is 9.47 Å². The molecule has 0 saturated heterocycles. The first kappa shape index (κ1) is 14.8. The van der Waals surface area contributed by atoms with E-state index in [2.05, 4.69) is 0 Å². The summed E-state index contributed by atoms with van der Waals surface area (Å²) >= 11 is 0. The van der Waals surface area contributed by atoms with Crippen molar-refractivity contribution in [1.82, 2.24) is 0 Å². The van der Waals surface area contributed by atoms with Crippen LogP contribution in [0.25, 0.3) is 10.8 Å². The van der Waals surface area contributed by atoms with Crippen LogP contribution >= 0.6 is 0 Å². The molecule has 0 saturated carbocycles. The lowest BCUT2D eigenvalue weighted by Gasteiger charge is -2.01. The van der Waals surface area contributed by atoms with Gasteiger partial charge in [-0.25, -0.2) is 4.79 Å². The second-order valence-corrected chi connectivity index (χ2v) is 4.27. The SMILES string of the molecule is CCOC(=O)c1cc(NO)c(=O)c2ccc(OC)cc2c1. The quantitative estimate of drug-likeness (QED) is 0.663. The molecule has 0 aliphatic heterocycles. The van der Waals surface area contributed by atoms with Gasteiger partial charge in [0.25, 0.3) is 0 Å². The maximum absolute atomic E-state index is 12.3. The first-order valence-corrected chi connectivity index (χ1v) is 6.34. The molecule has 6 nitrogen and oxygen atoms in total. The van der Waals surface area contributed by atoms with E-state index in [9.17, 15) is 9.59 Å². The van der Waals surface area contributed by atoms with Gasteiger partial charge in [-0.1, -0.05) is 0 Å². The van der Waals surface area contributed by atoms with Gasteiger partial charge in [-0.3, -0.25) is 15.5 Å². The molecule has 0 bridgehead atoms. The van der Waals surface area contributed by atoms with Crippen LogP contribution in [0.15, 0.2) is 35.1 Å². The molecule has 0 unspecified atom stereocenters. The van der Waals surface area contributed by atoms with E-state index in [0.29, 0.717) is 16.5 Å². The Morgan fingerprint density at radius 3 is 2.67 bits per heavy atom. The van der Waals surface area contributed by atoms with E-state index in [1.807, 2.05) is 5.48 Å². The van der Waals surface area contributed by atoms with Gasteiger partial charge >= 0.3 is 5.97 Å². The number of anilines is 1. The minimum absolute atomic E-state index is 0.0989. The van der Waals surface area contributed by atoms with Crippen LogP contribution in [0, 0.1) is 0 Å². The van der Waals surface area contributed by atoms with Crippen molar-refractivity contribution in [2.24, 2.45) is 0 Å². The third-order valence-electron chi connectivity index (χ3n) is 2.99. The Bertz CT molecular complexity index is 742. The molecule has 0 radical (unpaired) electrons. The molecular formula is C15H15NO5. The second kappa shape index (κ2) is 6.23. The van der Waals surface area contributed by atoms with Crippen LogP contribution in [0.5, 0.6) is 5.75 Å². The molecule has 0 spiro atoms. The molecule has 2 aromatic rings. The molecule has 0 heterocycles. The highest BCUT2D eigenvalue weighted by atomic mass is 16.5. The minimum atomic E-state index is -0.575. The summed E-state index contributed by atoms with van der Waals surface area (Å²) in [6.45, 7) is 1.90. The highest BCUT2D eigenvalue weighted by Crippen LogP contribution is 2.21. The monoisotopic (exact) mass is 289 g/mol. The Morgan fingerprint density at radius 2 is 2.05 bits per heavy atom.